The molecule has 1 heterocycles. The Morgan fingerprint density at radius 2 is 1.95 bits per heavy atom. The first-order valence-corrected chi connectivity index (χ1v) is 7.85. The number of benzene rings is 1. The van der Waals surface area contributed by atoms with E-state index in [1.807, 2.05) is 6.07 Å². The number of halogens is 2. The van der Waals surface area contributed by atoms with Gasteiger partial charge in [0.2, 0.25) is 0 Å². The standard InChI is InChI=1S/C15H16Br2N2/c1-11(12-5-3-2-4-6-12)7-8-18-15-14(17)9-13(16)10-19-15/h2-6,9-11H,7-8H2,1H3,(H,18,19). The number of nitrogens with one attached hydrogen (secondary N) is 1. The van der Waals surface area contributed by atoms with Gasteiger partial charge in [-0.15, -0.1) is 0 Å². The molecule has 0 aliphatic rings. The van der Waals surface area contributed by atoms with E-state index in [-0.39, 0.29) is 0 Å². The number of hydrogen-bond donors (Lipinski definition) is 1. The Hall–Kier alpha value is -0.870. The molecule has 100 valence electrons. The molecular weight excluding hydrogens is 368 g/mol. The lowest BCUT2D eigenvalue weighted by Crippen LogP contribution is -2.07. The summed E-state index contributed by atoms with van der Waals surface area (Å²) in [7, 11) is 0. The fourth-order valence-corrected chi connectivity index (χ4v) is 3.03. The van der Waals surface area contributed by atoms with Gasteiger partial charge in [0.1, 0.15) is 5.82 Å². The Morgan fingerprint density at radius 1 is 1.21 bits per heavy atom. The van der Waals surface area contributed by atoms with Crippen LogP contribution in [0, 0.1) is 0 Å². The highest BCUT2D eigenvalue weighted by Crippen LogP contribution is 2.24. The molecule has 0 aliphatic heterocycles. The minimum absolute atomic E-state index is 0.544. The monoisotopic (exact) mass is 382 g/mol. The Labute approximate surface area is 130 Å². The van der Waals surface area contributed by atoms with Gasteiger partial charge in [0.05, 0.1) is 4.47 Å². The second-order valence-electron chi connectivity index (χ2n) is 4.51. The minimum atomic E-state index is 0.544. The summed E-state index contributed by atoms with van der Waals surface area (Å²) in [6.45, 7) is 3.16. The van der Waals surface area contributed by atoms with E-state index in [0.717, 1.165) is 27.7 Å². The lowest BCUT2D eigenvalue weighted by Gasteiger charge is -2.13. The molecule has 1 aromatic heterocycles. The molecule has 1 unspecified atom stereocenters. The van der Waals surface area contributed by atoms with Gasteiger partial charge >= 0.3 is 0 Å². The van der Waals surface area contributed by atoms with Crippen molar-refractivity contribution >= 4 is 37.7 Å². The molecule has 4 heteroatoms. The van der Waals surface area contributed by atoms with Crippen LogP contribution in [0.4, 0.5) is 5.82 Å². The number of pyridine rings is 1. The van der Waals surface area contributed by atoms with E-state index >= 15 is 0 Å². The summed E-state index contributed by atoms with van der Waals surface area (Å²) in [4.78, 5) is 4.34. The van der Waals surface area contributed by atoms with Crippen molar-refractivity contribution in [3.05, 3.63) is 57.1 Å². The summed E-state index contributed by atoms with van der Waals surface area (Å²) < 4.78 is 1.96. The lowest BCUT2D eigenvalue weighted by atomic mass is 9.98. The van der Waals surface area contributed by atoms with Crippen LogP contribution in [0.3, 0.4) is 0 Å². The van der Waals surface area contributed by atoms with Crippen LogP contribution >= 0.6 is 31.9 Å². The van der Waals surface area contributed by atoms with Gasteiger partial charge in [-0.25, -0.2) is 4.98 Å². The van der Waals surface area contributed by atoms with Crippen LogP contribution in [-0.4, -0.2) is 11.5 Å². The number of nitrogens with zero attached hydrogens (tertiary/aromatic N) is 1. The normalized spacial score (nSPS) is 12.2. The van der Waals surface area contributed by atoms with Gasteiger partial charge in [0.25, 0.3) is 0 Å². The highest BCUT2D eigenvalue weighted by atomic mass is 79.9. The Morgan fingerprint density at radius 3 is 2.63 bits per heavy atom. The van der Waals surface area contributed by atoms with Crippen molar-refractivity contribution in [3.63, 3.8) is 0 Å². The molecule has 0 bridgehead atoms. The second-order valence-corrected chi connectivity index (χ2v) is 6.28. The third-order valence-electron chi connectivity index (χ3n) is 3.05. The maximum atomic E-state index is 4.34. The maximum absolute atomic E-state index is 4.34. The predicted molar refractivity (Wildman–Crippen MR) is 87.6 cm³/mol. The molecule has 19 heavy (non-hydrogen) atoms. The molecule has 0 spiro atoms. The van der Waals surface area contributed by atoms with Gasteiger partial charge in [0, 0.05) is 17.2 Å². The summed E-state index contributed by atoms with van der Waals surface area (Å²) in [5.41, 5.74) is 1.38. The van der Waals surface area contributed by atoms with Crippen molar-refractivity contribution in [2.24, 2.45) is 0 Å². The first-order valence-electron chi connectivity index (χ1n) is 6.26. The fraction of sp³-hybridized carbons (Fsp3) is 0.267. The second kappa shape index (κ2) is 7.06. The molecule has 0 fully saturated rings. The number of anilines is 1. The molecule has 0 saturated heterocycles. The van der Waals surface area contributed by atoms with Gasteiger partial charge in [-0.05, 0) is 55.8 Å². The molecule has 0 saturated carbocycles. The largest absolute Gasteiger partial charge is 0.369 e. The SMILES string of the molecule is CC(CCNc1ncc(Br)cc1Br)c1ccccc1. The highest BCUT2D eigenvalue weighted by Gasteiger charge is 2.06. The third kappa shape index (κ3) is 4.32. The van der Waals surface area contributed by atoms with E-state index in [1.54, 1.807) is 6.20 Å². The Bertz CT molecular complexity index is 529. The lowest BCUT2D eigenvalue weighted by molar-refractivity contribution is 0.704. The molecule has 1 aromatic carbocycles. The minimum Gasteiger partial charge on any atom is -0.369 e. The number of aromatic nitrogens is 1. The van der Waals surface area contributed by atoms with Gasteiger partial charge in [-0.3, -0.25) is 0 Å². The molecule has 0 amide bonds. The fourth-order valence-electron chi connectivity index (χ4n) is 1.90. The molecule has 2 nitrogen and oxygen atoms in total. The van der Waals surface area contributed by atoms with Gasteiger partial charge < -0.3 is 5.32 Å². The quantitative estimate of drug-likeness (QED) is 0.766. The first-order chi connectivity index (χ1) is 9.16. The smallest absolute Gasteiger partial charge is 0.140 e. The summed E-state index contributed by atoms with van der Waals surface area (Å²) in [6, 6.07) is 12.6. The van der Waals surface area contributed by atoms with Crippen molar-refractivity contribution < 1.29 is 0 Å². The van der Waals surface area contributed by atoms with Crippen LogP contribution in [0.2, 0.25) is 0 Å². The van der Waals surface area contributed by atoms with Crippen molar-refractivity contribution in [1.29, 1.82) is 0 Å². The number of rotatable bonds is 5. The van der Waals surface area contributed by atoms with E-state index < -0.39 is 0 Å². The number of hydrogen-bond acceptors (Lipinski definition) is 2. The van der Waals surface area contributed by atoms with Crippen LogP contribution in [0.15, 0.2) is 51.5 Å². The van der Waals surface area contributed by atoms with E-state index in [2.05, 4.69) is 79.4 Å². The molecule has 0 aliphatic carbocycles. The highest BCUT2D eigenvalue weighted by molar-refractivity contribution is 9.11. The van der Waals surface area contributed by atoms with Crippen LogP contribution in [0.5, 0.6) is 0 Å². The summed E-state index contributed by atoms with van der Waals surface area (Å²) in [5, 5.41) is 3.36. The summed E-state index contributed by atoms with van der Waals surface area (Å²) in [6.07, 6.45) is 2.88. The average molecular weight is 384 g/mol. The van der Waals surface area contributed by atoms with Crippen LogP contribution in [0.25, 0.3) is 0 Å². The average Bonchev–Trinajstić information content (AvgIpc) is 2.42. The molecular formula is C15H16Br2N2. The molecule has 1 N–H and O–H groups in total. The zero-order valence-electron chi connectivity index (χ0n) is 10.7. The summed E-state index contributed by atoms with van der Waals surface area (Å²) >= 11 is 6.90. The van der Waals surface area contributed by atoms with E-state index in [4.69, 9.17) is 0 Å². The van der Waals surface area contributed by atoms with Crippen molar-refractivity contribution in [2.75, 3.05) is 11.9 Å². The Balaban J connectivity index is 1.86. The van der Waals surface area contributed by atoms with Gasteiger partial charge in [-0.1, -0.05) is 37.3 Å². The summed E-state index contributed by atoms with van der Waals surface area (Å²) in [5.74, 6) is 1.44. The molecule has 1 atom stereocenters. The van der Waals surface area contributed by atoms with Crippen molar-refractivity contribution in [2.45, 2.75) is 19.3 Å². The topological polar surface area (TPSA) is 24.9 Å². The molecule has 2 rings (SSSR count). The van der Waals surface area contributed by atoms with Crippen LogP contribution in [-0.2, 0) is 0 Å². The van der Waals surface area contributed by atoms with Crippen LogP contribution < -0.4 is 5.32 Å². The van der Waals surface area contributed by atoms with Gasteiger partial charge in [0.15, 0.2) is 0 Å². The van der Waals surface area contributed by atoms with Crippen molar-refractivity contribution in [3.8, 4) is 0 Å². The van der Waals surface area contributed by atoms with E-state index in [1.165, 1.54) is 5.56 Å². The molecule has 2 aromatic rings. The third-order valence-corrected chi connectivity index (χ3v) is 4.08. The van der Waals surface area contributed by atoms with E-state index in [0.29, 0.717) is 5.92 Å². The van der Waals surface area contributed by atoms with Crippen LogP contribution in [0.1, 0.15) is 24.8 Å². The molecule has 0 radical (unpaired) electrons. The predicted octanol–water partition coefficient (Wildman–Crippen LogP) is 5.21. The van der Waals surface area contributed by atoms with Crippen molar-refractivity contribution in [1.82, 2.24) is 4.98 Å². The zero-order chi connectivity index (χ0) is 13.7. The zero-order valence-corrected chi connectivity index (χ0v) is 13.9. The Kier molecular flexibility index (Phi) is 5.40. The van der Waals surface area contributed by atoms with E-state index in [9.17, 15) is 0 Å². The van der Waals surface area contributed by atoms with Gasteiger partial charge in [-0.2, -0.15) is 0 Å². The maximum Gasteiger partial charge on any atom is 0.140 e. The first kappa shape index (κ1) is 14.5.